The van der Waals surface area contributed by atoms with Gasteiger partial charge in [0.2, 0.25) is 15.9 Å². The lowest BCUT2D eigenvalue weighted by Crippen LogP contribution is -2.49. The number of piperidine rings is 1. The monoisotopic (exact) mass is 412 g/mol. The molecule has 1 heterocycles. The molecule has 1 saturated carbocycles. The Morgan fingerprint density at radius 3 is 2.69 bits per heavy atom. The number of amides is 1. The average Bonchev–Trinajstić information content (AvgIpc) is 3.47. The third kappa shape index (κ3) is 4.70. The summed E-state index contributed by atoms with van der Waals surface area (Å²) in [6, 6.07) is 16.7. The van der Waals surface area contributed by atoms with E-state index in [0.29, 0.717) is 13.1 Å². The molecule has 2 aliphatic rings. The van der Waals surface area contributed by atoms with Crippen molar-refractivity contribution in [2.75, 3.05) is 19.3 Å². The van der Waals surface area contributed by atoms with E-state index < -0.39 is 10.0 Å². The molecule has 3 atom stereocenters. The first-order valence-corrected chi connectivity index (χ1v) is 12.1. The Labute approximate surface area is 173 Å². The van der Waals surface area contributed by atoms with Crippen molar-refractivity contribution in [2.24, 2.45) is 5.92 Å². The van der Waals surface area contributed by atoms with Gasteiger partial charge >= 0.3 is 0 Å². The molecule has 154 valence electrons. The highest BCUT2D eigenvalue weighted by molar-refractivity contribution is 7.88. The van der Waals surface area contributed by atoms with Crippen LogP contribution in [0.3, 0.4) is 0 Å². The zero-order valence-electron chi connectivity index (χ0n) is 17.0. The van der Waals surface area contributed by atoms with E-state index in [9.17, 15) is 13.2 Å². The molecular weight excluding hydrogens is 384 g/mol. The summed E-state index contributed by atoms with van der Waals surface area (Å²) in [6.45, 7) is 3.27. The van der Waals surface area contributed by atoms with Crippen molar-refractivity contribution in [3.05, 3.63) is 59.7 Å². The maximum atomic E-state index is 13.1. The lowest BCUT2D eigenvalue weighted by Gasteiger charge is -2.33. The van der Waals surface area contributed by atoms with E-state index >= 15 is 0 Å². The van der Waals surface area contributed by atoms with Crippen LogP contribution in [-0.4, -0.2) is 44.6 Å². The van der Waals surface area contributed by atoms with Gasteiger partial charge in [0.05, 0.1) is 6.26 Å². The Bertz CT molecular complexity index is 1020. The molecule has 2 aromatic rings. The second-order valence-electron chi connectivity index (χ2n) is 8.42. The van der Waals surface area contributed by atoms with E-state index in [0.717, 1.165) is 19.3 Å². The molecule has 0 unspecified atom stereocenters. The van der Waals surface area contributed by atoms with Gasteiger partial charge in [0.1, 0.15) is 0 Å². The maximum absolute atomic E-state index is 13.1. The van der Waals surface area contributed by atoms with Crippen LogP contribution in [0.2, 0.25) is 0 Å². The quantitative estimate of drug-likeness (QED) is 0.819. The van der Waals surface area contributed by atoms with Crippen LogP contribution in [0.4, 0.5) is 0 Å². The van der Waals surface area contributed by atoms with Crippen molar-refractivity contribution >= 4 is 15.9 Å². The molecule has 2 aromatic carbocycles. The highest BCUT2D eigenvalue weighted by Gasteiger charge is 2.47. The fraction of sp³-hybridized carbons (Fsp3) is 0.435. The molecular formula is C23H28N2O3S. The van der Waals surface area contributed by atoms with Gasteiger partial charge in [0.25, 0.3) is 0 Å². The number of aryl methyl sites for hydroxylation is 1. The molecule has 0 aromatic heterocycles. The second-order valence-corrected chi connectivity index (χ2v) is 10.2. The summed E-state index contributed by atoms with van der Waals surface area (Å²) >= 11 is 0. The fourth-order valence-electron chi connectivity index (χ4n) is 4.52. The van der Waals surface area contributed by atoms with Gasteiger partial charge in [-0.3, -0.25) is 4.79 Å². The van der Waals surface area contributed by atoms with Gasteiger partial charge in [-0.25, -0.2) is 13.1 Å². The number of rotatable bonds is 5. The summed E-state index contributed by atoms with van der Waals surface area (Å²) in [5, 5.41) is 0. The van der Waals surface area contributed by atoms with Crippen molar-refractivity contribution in [1.82, 2.24) is 9.62 Å². The first-order chi connectivity index (χ1) is 13.8. The van der Waals surface area contributed by atoms with E-state index in [1.54, 1.807) is 0 Å². The summed E-state index contributed by atoms with van der Waals surface area (Å²) in [5.74, 6) is 0.398. The Hall–Kier alpha value is -2.18. The van der Waals surface area contributed by atoms with Crippen molar-refractivity contribution in [3.8, 4) is 11.1 Å². The first-order valence-electron chi connectivity index (χ1n) is 10.2. The third-order valence-corrected chi connectivity index (χ3v) is 6.67. The number of carbonyl (C=O) groups is 1. The number of nitrogens with zero attached hydrogens (tertiary/aromatic N) is 1. The highest BCUT2D eigenvalue weighted by Crippen LogP contribution is 2.51. The minimum Gasteiger partial charge on any atom is -0.341 e. The standard InChI is InChI=1S/C23H28N2O3S/c1-16-7-5-8-17(13-16)19-10-3-4-11-20(19)21-14-22(21)23(26)25-12-6-9-18(15-25)24-29(2,27)28/h3-5,7-8,10-11,13,18,21-22,24H,6,9,12,14-15H2,1-2H3/t18-,21+,22-/m1/s1. The van der Waals surface area contributed by atoms with Crippen LogP contribution in [0, 0.1) is 12.8 Å². The molecule has 1 amide bonds. The van der Waals surface area contributed by atoms with Crippen LogP contribution in [0.25, 0.3) is 11.1 Å². The number of likely N-dealkylation sites (tertiary alicyclic amines) is 1. The number of hydrogen-bond donors (Lipinski definition) is 1. The lowest BCUT2D eigenvalue weighted by molar-refractivity contribution is -0.133. The van der Waals surface area contributed by atoms with Crippen LogP contribution >= 0.6 is 0 Å². The molecule has 0 bridgehead atoms. The van der Waals surface area contributed by atoms with Gasteiger partial charge in [0, 0.05) is 25.0 Å². The number of carbonyl (C=O) groups excluding carboxylic acids is 1. The van der Waals surface area contributed by atoms with Crippen LogP contribution in [0.5, 0.6) is 0 Å². The summed E-state index contributed by atoms with van der Waals surface area (Å²) in [5.41, 5.74) is 4.85. The van der Waals surface area contributed by atoms with Crippen LogP contribution in [-0.2, 0) is 14.8 Å². The summed E-state index contributed by atoms with van der Waals surface area (Å²) in [6.07, 6.45) is 3.65. The Morgan fingerprint density at radius 1 is 1.14 bits per heavy atom. The van der Waals surface area contributed by atoms with Crippen LogP contribution in [0.1, 0.15) is 36.3 Å². The predicted molar refractivity (Wildman–Crippen MR) is 115 cm³/mol. The van der Waals surface area contributed by atoms with Gasteiger partial charge in [-0.15, -0.1) is 0 Å². The van der Waals surface area contributed by atoms with Crippen molar-refractivity contribution in [1.29, 1.82) is 0 Å². The first kappa shape index (κ1) is 20.1. The van der Waals surface area contributed by atoms with E-state index in [1.165, 1.54) is 28.5 Å². The number of hydrogen-bond acceptors (Lipinski definition) is 3. The number of benzene rings is 2. The predicted octanol–water partition coefficient (Wildman–Crippen LogP) is 3.31. The van der Waals surface area contributed by atoms with Crippen molar-refractivity contribution < 1.29 is 13.2 Å². The molecule has 1 saturated heterocycles. The lowest BCUT2D eigenvalue weighted by atomic mass is 9.95. The van der Waals surface area contributed by atoms with Crippen molar-refractivity contribution in [2.45, 2.75) is 38.1 Å². The maximum Gasteiger partial charge on any atom is 0.226 e. The molecule has 6 heteroatoms. The molecule has 0 spiro atoms. The second kappa shape index (κ2) is 7.92. The fourth-order valence-corrected chi connectivity index (χ4v) is 5.32. The molecule has 1 N–H and O–H groups in total. The zero-order valence-corrected chi connectivity index (χ0v) is 17.8. The molecule has 29 heavy (non-hydrogen) atoms. The van der Waals surface area contributed by atoms with Gasteiger partial charge < -0.3 is 4.90 Å². The normalized spacial score (nSPS) is 24.3. The largest absolute Gasteiger partial charge is 0.341 e. The average molecular weight is 413 g/mol. The van der Waals surface area contributed by atoms with Gasteiger partial charge in [0.15, 0.2) is 0 Å². The van der Waals surface area contributed by atoms with E-state index in [-0.39, 0.29) is 23.8 Å². The smallest absolute Gasteiger partial charge is 0.226 e. The van der Waals surface area contributed by atoms with Crippen LogP contribution in [0.15, 0.2) is 48.5 Å². The molecule has 1 aliphatic carbocycles. The Kier molecular flexibility index (Phi) is 5.49. The minimum atomic E-state index is -3.26. The third-order valence-electron chi connectivity index (χ3n) is 5.91. The highest BCUT2D eigenvalue weighted by atomic mass is 32.2. The molecule has 5 nitrogen and oxygen atoms in total. The molecule has 1 aliphatic heterocycles. The molecule has 2 fully saturated rings. The van der Waals surface area contributed by atoms with E-state index in [2.05, 4.69) is 48.0 Å². The van der Waals surface area contributed by atoms with Gasteiger partial charge in [-0.2, -0.15) is 0 Å². The van der Waals surface area contributed by atoms with Gasteiger partial charge in [-0.05, 0) is 48.8 Å². The Balaban J connectivity index is 1.48. The summed E-state index contributed by atoms with van der Waals surface area (Å²) in [7, 11) is -3.26. The van der Waals surface area contributed by atoms with Crippen LogP contribution < -0.4 is 4.72 Å². The van der Waals surface area contributed by atoms with Gasteiger partial charge in [-0.1, -0.05) is 54.1 Å². The zero-order chi connectivity index (χ0) is 20.6. The summed E-state index contributed by atoms with van der Waals surface area (Å²) in [4.78, 5) is 15.0. The van der Waals surface area contributed by atoms with E-state index in [4.69, 9.17) is 0 Å². The van der Waals surface area contributed by atoms with E-state index in [1.807, 2.05) is 17.0 Å². The molecule has 0 radical (unpaired) electrons. The number of nitrogens with one attached hydrogen (secondary N) is 1. The van der Waals surface area contributed by atoms with Crippen molar-refractivity contribution in [3.63, 3.8) is 0 Å². The number of sulfonamides is 1. The molecule has 4 rings (SSSR count). The minimum absolute atomic E-state index is 0.00190. The topological polar surface area (TPSA) is 66.5 Å². The summed E-state index contributed by atoms with van der Waals surface area (Å²) < 4.78 is 25.7. The SMILES string of the molecule is Cc1cccc(-c2ccccc2[C@@H]2C[C@H]2C(=O)N2CCC[C@@H](NS(C)(=O)=O)C2)c1. The Morgan fingerprint density at radius 2 is 1.93 bits per heavy atom.